The monoisotopic (exact) mass is 178 g/mol. The van der Waals surface area contributed by atoms with E-state index in [1.165, 1.54) is 24.5 Å². The summed E-state index contributed by atoms with van der Waals surface area (Å²) in [7, 11) is 0. The predicted molar refractivity (Wildman–Crippen MR) is 53.8 cm³/mol. The molecule has 2 heterocycles. The fourth-order valence-electron chi connectivity index (χ4n) is 2.08. The Balaban J connectivity index is 2.35. The lowest BCUT2D eigenvalue weighted by Gasteiger charge is -2.23. The molecule has 1 aromatic heterocycles. The third kappa shape index (κ3) is 1.50. The molecule has 1 aliphatic rings. The molecule has 0 fully saturated rings. The highest BCUT2D eigenvalue weighted by molar-refractivity contribution is 5.11. The van der Waals surface area contributed by atoms with Crippen LogP contribution in [0.5, 0.6) is 0 Å². The first kappa shape index (κ1) is 8.79. The van der Waals surface area contributed by atoms with E-state index in [1.807, 2.05) is 0 Å². The third-order valence-corrected chi connectivity index (χ3v) is 2.92. The molecule has 2 nitrogen and oxygen atoms in total. The van der Waals surface area contributed by atoms with Crippen LogP contribution in [-0.4, -0.2) is 9.55 Å². The van der Waals surface area contributed by atoms with E-state index in [-0.39, 0.29) is 0 Å². The standard InChI is InChI=1S/C11H18N2/c1-8(2)10-6-12-11-5-4-9(3)7-13(10)11/h6,8-9H,4-5,7H2,1-3H3. The maximum absolute atomic E-state index is 4.48. The highest BCUT2D eigenvalue weighted by atomic mass is 15.1. The average Bonchev–Trinajstić information content (AvgIpc) is 2.46. The summed E-state index contributed by atoms with van der Waals surface area (Å²) in [6, 6.07) is 0. The average molecular weight is 178 g/mol. The van der Waals surface area contributed by atoms with E-state index >= 15 is 0 Å². The second-order valence-electron chi connectivity index (χ2n) is 4.51. The van der Waals surface area contributed by atoms with E-state index in [9.17, 15) is 0 Å². The minimum atomic E-state index is 0.603. The lowest BCUT2D eigenvalue weighted by molar-refractivity contribution is 0.383. The van der Waals surface area contributed by atoms with Gasteiger partial charge in [-0.05, 0) is 18.3 Å². The maximum Gasteiger partial charge on any atom is 0.108 e. The molecule has 0 spiro atoms. The molecule has 0 radical (unpaired) electrons. The van der Waals surface area contributed by atoms with Gasteiger partial charge in [0, 0.05) is 24.9 Å². The van der Waals surface area contributed by atoms with Crippen molar-refractivity contribution in [1.82, 2.24) is 9.55 Å². The highest BCUT2D eigenvalue weighted by Gasteiger charge is 2.19. The van der Waals surface area contributed by atoms with E-state index in [1.54, 1.807) is 0 Å². The molecule has 1 atom stereocenters. The maximum atomic E-state index is 4.48. The number of hydrogen-bond donors (Lipinski definition) is 0. The summed E-state index contributed by atoms with van der Waals surface area (Å²) in [4.78, 5) is 4.48. The van der Waals surface area contributed by atoms with Gasteiger partial charge in [0.25, 0.3) is 0 Å². The smallest absolute Gasteiger partial charge is 0.108 e. The number of fused-ring (bicyclic) bond motifs is 1. The van der Waals surface area contributed by atoms with Crippen LogP contribution in [0.1, 0.15) is 44.6 Å². The second kappa shape index (κ2) is 3.17. The molecule has 13 heavy (non-hydrogen) atoms. The largest absolute Gasteiger partial charge is 0.332 e. The van der Waals surface area contributed by atoms with Crippen LogP contribution in [0.3, 0.4) is 0 Å². The number of hydrogen-bond acceptors (Lipinski definition) is 1. The summed E-state index contributed by atoms with van der Waals surface area (Å²) in [6.07, 6.45) is 4.51. The van der Waals surface area contributed by atoms with Crippen LogP contribution in [0.25, 0.3) is 0 Å². The summed E-state index contributed by atoms with van der Waals surface area (Å²) >= 11 is 0. The molecule has 2 rings (SSSR count). The molecule has 0 amide bonds. The van der Waals surface area contributed by atoms with Crippen molar-refractivity contribution in [1.29, 1.82) is 0 Å². The highest BCUT2D eigenvalue weighted by Crippen LogP contribution is 2.24. The van der Waals surface area contributed by atoms with Crippen molar-refractivity contribution in [3.8, 4) is 0 Å². The summed E-state index contributed by atoms with van der Waals surface area (Å²) in [5.41, 5.74) is 1.40. The van der Waals surface area contributed by atoms with Gasteiger partial charge >= 0.3 is 0 Å². The zero-order valence-electron chi connectivity index (χ0n) is 8.75. The summed E-state index contributed by atoms with van der Waals surface area (Å²) < 4.78 is 2.42. The van der Waals surface area contributed by atoms with E-state index < -0.39 is 0 Å². The van der Waals surface area contributed by atoms with Gasteiger partial charge in [-0.3, -0.25) is 0 Å². The molecular formula is C11H18N2. The van der Waals surface area contributed by atoms with Crippen LogP contribution < -0.4 is 0 Å². The number of rotatable bonds is 1. The molecule has 1 unspecified atom stereocenters. The first-order valence-corrected chi connectivity index (χ1v) is 5.22. The zero-order valence-corrected chi connectivity index (χ0v) is 8.75. The fraction of sp³-hybridized carbons (Fsp3) is 0.727. The summed E-state index contributed by atoms with van der Waals surface area (Å²) in [6.45, 7) is 7.98. The quantitative estimate of drug-likeness (QED) is 0.646. The normalized spacial score (nSPS) is 22.0. The summed E-state index contributed by atoms with van der Waals surface area (Å²) in [5.74, 6) is 2.72. The zero-order chi connectivity index (χ0) is 9.42. The first-order chi connectivity index (χ1) is 6.18. The molecular weight excluding hydrogens is 160 g/mol. The van der Waals surface area contributed by atoms with Gasteiger partial charge in [0.15, 0.2) is 0 Å². The number of aromatic nitrogens is 2. The Morgan fingerprint density at radius 1 is 1.54 bits per heavy atom. The van der Waals surface area contributed by atoms with Crippen molar-refractivity contribution in [2.75, 3.05) is 0 Å². The van der Waals surface area contributed by atoms with Crippen LogP contribution >= 0.6 is 0 Å². The Hall–Kier alpha value is -0.790. The molecule has 1 aromatic rings. The van der Waals surface area contributed by atoms with Gasteiger partial charge in [-0.2, -0.15) is 0 Å². The lowest BCUT2D eigenvalue weighted by Crippen LogP contribution is -2.20. The molecule has 72 valence electrons. The van der Waals surface area contributed by atoms with Crippen LogP contribution in [-0.2, 0) is 13.0 Å². The molecule has 1 aliphatic heterocycles. The number of aryl methyl sites for hydroxylation is 1. The third-order valence-electron chi connectivity index (χ3n) is 2.92. The molecule has 2 heteroatoms. The topological polar surface area (TPSA) is 17.8 Å². The molecule has 0 saturated heterocycles. The van der Waals surface area contributed by atoms with Crippen molar-refractivity contribution < 1.29 is 0 Å². The van der Waals surface area contributed by atoms with Gasteiger partial charge in [0.05, 0.1) is 0 Å². The van der Waals surface area contributed by atoms with Crippen LogP contribution in [0.15, 0.2) is 6.20 Å². The molecule has 0 bridgehead atoms. The Morgan fingerprint density at radius 3 is 3.00 bits per heavy atom. The van der Waals surface area contributed by atoms with Crippen molar-refractivity contribution in [3.05, 3.63) is 17.7 Å². The van der Waals surface area contributed by atoms with Gasteiger partial charge < -0.3 is 4.57 Å². The van der Waals surface area contributed by atoms with E-state index in [2.05, 4.69) is 36.5 Å². The van der Waals surface area contributed by atoms with Crippen molar-refractivity contribution in [2.24, 2.45) is 5.92 Å². The minimum Gasteiger partial charge on any atom is -0.332 e. The van der Waals surface area contributed by atoms with Crippen molar-refractivity contribution in [3.63, 3.8) is 0 Å². The van der Waals surface area contributed by atoms with Gasteiger partial charge in [-0.15, -0.1) is 0 Å². The van der Waals surface area contributed by atoms with Crippen molar-refractivity contribution in [2.45, 2.75) is 46.1 Å². The van der Waals surface area contributed by atoms with Crippen molar-refractivity contribution >= 4 is 0 Å². The van der Waals surface area contributed by atoms with E-state index in [0.717, 1.165) is 12.3 Å². The molecule has 0 saturated carbocycles. The first-order valence-electron chi connectivity index (χ1n) is 5.22. The number of nitrogens with zero attached hydrogens (tertiary/aromatic N) is 2. The summed E-state index contributed by atoms with van der Waals surface area (Å²) in [5, 5.41) is 0. The Bertz CT molecular complexity index is 299. The molecule has 0 N–H and O–H groups in total. The van der Waals surface area contributed by atoms with Crippen LogP contribution in [0.4, 0.5) is 0 Å². The predicted octanol–water partition coefficient (Wildman–Crippen LogP) is 2.59. The number of imidazole rings is 1. The fourth-order valence-corrected chi connectivity index (χ4v) is 2.08. The SMILES string of the molecule is CC1CCc2ncc(C(C)C)n2C1. The van der Waals surface area contributed by atoms with Crippen LogP contribution in [0.2, 0.25) is 0 Å². The van der Waals surface area contributed by atoms with E-state index in [4.69, 9.17) is 0 Å². The van der Waals surface area contributed by atoms with Gasteiger partial charge in [0.1, 0.15) is 5.82 Å². The molecule has 0 aliphatic carbocycles. The second-order valence-corrected chi connectivity index (χ2v) is 4.51. The Kier molecular flexibility index (Phi) is 2.14. The van der Waals surface area contributed by atoms with Gasteiger partial charge in [-0.1, -0.05) is 20.8 Å². The van der Waals surface area contributed by atoms with Crippen LogP contribution in [0, 0.1) is 5.92 Å². The Morgan fingerprint density at radius 2 is 2.31 bits per heavy atom. The molecule has 0 aromatic carbocycles. The lowest BCUT2D eigenvalue weighted by atomic mass is 10.0. The minimum absolute atomic E-state index is 0.603. The van der Waals surface area contributed by atoms with Gasteiger partial charge in [-0.25, -0.2) is 4.98 Å². The van der Waals surface area contributed by atoms with E-state index in [0.29, 0.717) is 5.92 Å². The Labute approximate surface area is 80.0 Å². The van der Waals surface area contributed by atoms with Gasteiger partial charge in [0.2, 0.25) is 0 Å².